The molecule has 5 heteroatoms. The van der Waals surface area contributed by atoms with E-state index in [9.17, 15) is 0 Å². The van der Waals surface area contributed by atoms with Crippen molar-refractivity contribution in [2.75, 3.05) is 26.2 Å². The van der Waals surface area contributed by atoms with Crippen LogP contribution in [0.2, 0.25) is 5.02 Å². The first-order chi connectivity index (χ1) is 10.2. The summed E-state index contributed by atoms with van der Waals surface area (Å²) < 4.78 is 10.9. The number of rotatable bonds is 4. The van der Waals surface area contributed by atoms with Crippen LogP contribution in [0.15, 0.2) is 12.1 Å². The molecule has 116 valence electrons. The van der Waals surface area contributed by atoms with Gasteiger partial charge in [-0.2, -0.15) is 0 Å². The normalized spacial score (nSPS) is 27.8. The molecule has 2 bridgehead atoms. The summed E-state index contributed by atoms with van der Waals surface area (Å²) in [5.74, 6) is 1.54. The second-order valence-corrected chi connectivity index (χ2v) is 6.32. The number of hydrogen-bond acceptors (Lipinski definition) is 4. The molecule has 0 amide bonds. The van der Waals surface area contributed by atoms with Gasteiger partial charge in [0, 0.05) is 30.3 Å². The van der Waals surface area contributed by atoms with Gasteiger partial charge in [-0.25, -0.2) is 0 Å². The van der Waals surface area contributed by atoms with Crippen molar-refractivity contribution in [1.29, 1.82) is 0 Å². The Labute approximate surface area is 131 Å². The van der Waals surface area contributed by atoms with E-state index >= 15 is 0 Å². The third-order valence-electron chi connectivity index (χ3n) is 4.87. The zero-order chi connectivity index (χ0) is 15.0. The quantitative estimate of drug-likeness (QED) is 0.926. The van der Waals surface area contributed by atoms with Gasteiger partial charge in [0.05, 0.1) is 24.9 Å². The minimum atomic E-state index is 0.570. The molecule has 2 saturated heterocycles. The number of fused-ring (bicyclic) bond motifs is 2. The molecule has 0 spiro atoms. The Morgan fingerprint density at radius 1 is 1.10 bits per heavy atom. The van der Waals surface area contributed by atoms with Gasteiger partial charge < -0.3 is 19.7 Å². The van der Waals surface area contributed by atoms with E-state index in [1.54, 1.807) is 14.2 Å². The first-order valence-electron chi connectivity index (χ1n) is 7.55. The summed E-state index contributed by atoms with van der Waals surface area (Å²) in [5.41, 5.74) is 1.11. The SMILES string of the molecule is CNC1CC2CCC(C1)N2c1cc(OC)c(Cl)cc1OC. The van der Waals surface area contributed by atoms with Crippen LogP contribution in [0.4, 0.5) is 5.69 Å². The number of ether oxygens (including phenoxy) is 2. The average Bonchev–Trinajstić information content (AvgIpc) is 2.76. The van der Waals surface area contributed by atoms with Crippen molar-refractivity contribution in [2.45, 2.75) is 43.8 Å². The lowest BCUT2D eigenvalue weighted by molar-refractivity contribution is 0.363. The highest BCUT2D eigenvalue weighted by atomic mass is 35.5. The van der Waals surface area contributed by atoms with Crippen molar-refractivity contribution in [2.24, 2.45) is 0 Å². The van der Waals surface area contributed by atoms with E-state index in [-0.39, 0.29) is 0 Å². The molecule has 1 N–H and O–H groups in total. The summed E-state index contributed by atoms with van der Waals surface area (Å²) in [6.07, 6.45) is 4.86. The van der Waals surface area contributed by atoms with Crippen LogP contribution in [-0.4, -0.2) is 39.4 Å². The topological polar surface area (TPSA) is 33.7 Å². The van der Waals surface area contributed by atoms with Gasteiger partial charge in [-0.1, -0.05) is 11.6 Å². The molecule has 0 radical (unpaired) electrons. The van der Waals surface area contributed by atoms with E-state index in [0.717, 1.165) is 11.4 Å². The lowest BCUT2D eigenvalue weighted by Gasteiger charge is -2.41. The zero-order valence-electron chi connectivity index (χ0n) is 12.9. The Balaban J connectivity index is 1.97. The standard InChI is InChI=1S/C16H23ClN2O2/c1-18-10-6-11-4-5-12(7-10)19(11)14-9-15(20-2)13(17)8-16(14)21-3/h8-12,18H,4-7H2,1-3H3. The summed E-state index contributed by atoms with van der Waals surface area (Å²) >= 11 is 6.22. The van der Waals surface area contributed by atoms with E-state index < -0.39 is 0 Å². The molecule has 0 aromatic heterocycles. The second kappa shape index (κ2) is 5.93. The molecule has 0 aliphatic carbocycles. The Morgan fingerprint density at radius 3 is 2.24 bits per heavy atom. The van der Waals surface area contributed by atoms with Gasteiger partial charge in [0.2, 0.25) is 0 Å². The molecule has 0 saturated carbocycles. The van der Waals surface area contributed by atoms with Crippen LogP contribution in [0.1, 0.15) is 25.7 Å². The zero-order valence-corrected chi connectivity index (χ0v) is 13.6. The van der Waals surface area contributed by atoms with Gasteiger partial charge in [0.1, 0.15) is 11.5 Å². The summed E-state index contributed by atoms with van der Waals surface area (Å²) in [6.45, 7) is 0. The predicted octanol–water partition coefficient (Wildman–Crippen LogP) is 3.08. The van der Waals surface area contributed by atoms with Crippen LogP contribution >= 0.6 is 11.6 Å². The molecule has 4 nitrogen and oxygen atoms in total. The van der Waals surface area contributed by atoms with E-state index in [0.29, 0.717) is 28.9 Å². The molecular weight excluding hydrogens is 288 g/mol. The fraction of sp³-hybridized carbons (Fsp3) is 0.625. The van der Waals surface area contributed by atoms with Crippen molar-refractivity contribution < 1.29 is 9.47 Å². The Morgan fingerprint density at radius 2 is 1.71 bits per heavy atom. The fourth-order valence-electron chi connectivity index (χ4n) is 3.85. The van der Waals surface area contributed by atoms with Gasteiger partial charge in [0.15, 0.2) is 0 Å². The highest BCUT2D eigenvalue weighted by Gasteiger charge is 2.41. The van der Waals surface area contributed by atoms with Crippen LogP contribution in [0.25, 0.3) is 0 Å². The first kappa shape index (κ1) is 14.8. The monoisotopic (exact) mass is 310 g/mol. The van der Waals surface area contributed by atoms with Crippen molar-refractivity contribution in [3.05, 3.63) is 17.2 Å². The smallest absolute Gasteiger partial charge is 0.143 e. The number of piperidine rings is 1. The highest BCUT2D eigenvalue weighted by Crippen LogP contribution is 2.46. The lowest BCUT2D eigenvalue weighted by atomic mass is 9.96. The molecule has 2 heterocycles. The van der Waals surface area contributed by atoms with Crippen molar-refractivity contribution in [3.63, 3.8) is 0 Å². The third-order valence-corrected chi connectivity index (χ3v) is 5.17. The number of nitrogens with one attached hydrogen (secondary N) is 1. The number of methoxy groups -OCH3 is 2. The van der Waals surface area contributed by atoms with Crippen LogP contribution in [0.5, 0.6) is 11.5 Å². The largest absolute Gasteiger partial charge is 0.495 e. The fourth-order valence-corrected chi connectivity index (χ4v) is 4.08. The maximum Gasteiger partial charge on any atom is 0.143 e. The molecule has 21 heavy (non-hydrogen) atoms. The van der Waals surface area contributed by atoms with Gasteiger partial charge in [0.25, 0.3) is 0 Å². The van der Waals surface area contributed by atoms with E-state index in [1.807, 2.05) is 12.1 Å². The van der Waals surface area contributed by atoms with Gasteiger partial charge in [-0.15, -0.1) is 0 Å². The molecular formula is C16H23ClN2O2. The third kappa shape index (κ3) is 2.55. The summed E-state index contributed by atoms with van der Waals surface area (Å²) in [4.78, 5) is 2.52. The molecule has 2 fully saturated rings. The molecule has 3 rings (SSSR count). The molecule has 1 aromatic rings. The first-order valence-corrected chi connectivity index (χ1v) is 7.92. The summed E-state index contributed by atoms with van der Waals surface area (Å²) in [7, 11) is 5.41. The van der Waals surface area contributed by atoms with Crippen LogP contribution in [0.3, 0.4) is 0 Å². The molecule has 1 aromatic carbocycles. The maximum absolute atomic E-state index is 6.22. The van der Waals surface area contributed by atoms with Crippen LogP contribution in [0, 0.1) is 0 Å². The summed E-state index contributed by atoms with van der Waals surface area (Å²) in [6, 6.07) is 5.65. The predicted molar refractivity (Wildman–Crippen MR) is 85.9 cm³/mol. The number of nitrogens with zero attached hydrogens (tertiary/aromatic N) is 1. The lowest BCUT2D eigenvalue weighted by Crippen LogP contribution is -2.48. The number of benzene rings is 1. The van der Waals surface area contributed by atoms with Crippen LogP contribution < -0.4 is 19.7 Å². The van der Waals surface area contributed by atoms with E-state index in [4.69, 9.17) is 21.1 Å². The van der Waals surface area contributed by atoms with E-state index in [2.05, 4.69) is 17.3 Å². The van der Waals surface area contributed by atoms with Gasteiger partial charge in [-0.3, -0.25) is 0 Å². The molecule has 2 unspecified atom stereocenters. The van der Waals surface area contributed by atoms with Crippen molar-refractivity contribution >= 4 is 17.3 Å². The number of halogens is 1. The van der Waals surface area contributed by atoms with Crippen molar-refractivity contribution in [3.8, 4) is 11.5 Å². The Kier molecular flexibility index (Phi) is 4.18. The Bertz CT molecular complexity index is 509. The molecule has 2 atom stereocenters. The highest BCUT2D eigenvalue weighted by molar-refractivity contribution is 6.32. The maximum atomic E-state index is 6.22. The second-order valence-electron chi connectivity index (χ2n) is 5.91. The summed E-state index contributed by atoms with van der Waals surface area (Å²) in [5, 5.41) is 4.03. The Hall–Kier alpha value is -1.13. The van der Waals surface area contributed by atoms with Crippen LogP contribution in [-0.2, 0) is 0 Å². The minimum Gasteiger partial charge on any atom is -0.495 e. The van der Waals surface area contributed by atoms with Crippen molar-refractivity contribution in [1.82, 2.24) is 5.32 Å². The van der Waals surface area contributed by atoms with Gasteiger partial charge >= 0.3 is 0 Å². The molecule has 2 aliphatic rings. The molecule has 2 aliphatic heterocycles. The number of hydrogen-bond donors (Lipinski definition) is 1. The van der Waals surface area contributed by atoms with Gasteiger partial charge in [-0.05, 0) is 32.7 Å². The van der Waals surface area contributed by atoms with E-state index in [1.165, 1.54) is 25.7 Å². The minimum absolute atomic E-state index is 0.570. The average molecular weight is 311 g/mol. The number of anilines is 1.